The maximum atomic E-state index is 14.6. The summed E-state index contributed by atoms with van der Waals surface area (Å²) in [6.45, 7) is 12.3. The first-order valence-corrected chi connectivity index (χ1v) is 13.4. The molecule has 4 aromatic rings. The minimum atomic E-state index is -0.585. The fourth-order valence-electron chi connectivity index (χ4n) is 4.79. The number of likely N-dealkylation sites (tertiary alicyclic amines) is 1. The molecule has 0 radical (unpaired) electrons. The van der Waals surface area contributed by atoms with Gasteiger partial charge < -0.3 is 15.3 Å². The van der Waals surface area contributed by atoms with Crippen molar-refractivity contribution in [3.63, 3.8) is 0 Å². The van der Waals surface area contributed by atoms with E-state index in [1.54, 1.807) is 10.7 Å². The minimum Gasteiger partial charge on any atom is -0.394 e. The average molecular weight is 532 g/mol. The smallest absolute Gasteiger partial charge is 0.264 e. The maximum Gasteiger partial charge on any atom is 0.264 e. The van der Waals surface area contributed by atoms with Crippen molar-refractivity contribution >= 4 is 33.8 Å². The number of piperidine rings is 1. The second kappa shape index (κ2) is 10.3. The minimum absolute atomic E-state index is 0.0284. The van der Waals surface area contributed by atoms with Crippen LogP contribution in [0.15, 0.2) is 48.7 Å². The van der Waals surface area contributed by atoms with Gasteiger partial charge in [-0.25, -0.2) is 9.24 Å². The molecule has 1 amide bonds. The second-order valence-electron chi connectivity index (χ2n) is 10.3. The molecule has 1 aliphatic rings. The maximum absolute atomic E-state index is 14.6. The first kappa shape index (κ1) is 26.0. The topological polar surface area (TPSA) is 74.8 Å². The zero-order valence-corrected chi connectivity index (χ0v) is 22.5. The molecule has 7 nitrogen and oxygen atoms in total. The Morgan fingerprint density at radius 1 is 1.26 bits per heavy atom. The van der Waals surface area contributed by atoms with Gasteiger partial charge in [0.25, 0.3) is 5.91 Å². The summed E-state index contributed by atoms with van der Waals surface area (Å²) in [7, 11) is 1.92. The number of aromatic nitrogens is 2. The Morgan fingerprint density at radius 2 is 2.05 bits per heavy atom. The van der Waals surface area contributed by atoms with E-state index in [0.717, 1.165) is 39.7 Å². The van der Waals surface area contributed by atoms with Crippen molar-refractivity contribution < 1.29 is 14.3 Å². The highest BCUT2D eigenvalue weighted by Crippen LogP contribution is 2.42. The molecule has 2 aromatic heterocycles. The predicted octanol–water partition coefficient (Wildman–Crippen LogP) is 5.67. The van der Waals surface area contributed by atoms with Gasteiger partial charge in [-0.05, 0) is 69.1 Å². The Kier molecular flexibility index (Phi) is 7.05. The molecule has 0 spiro atoms. The lowest BCUT2D eigenvalue weighted by atomic mass is 10.0. The monoisotopic (exact) mass is 531 g/mol. The molecule has 1 saturated heterocycles. The molecule has 1 fully saturated rings. The van der Waals surface area contributed by atoms with Crippen LogP contribution in [0.1, 0.15) is 36.4 Å². The van der Waals surface area contributed by atoms with E-state index in [2.05, 4.69) is 15.3 Å². The third kappa shape index (κ3) is 4.83. The Bertz CT molecular complexity index is 1550. The number of amides is 1. The van der Waals surface area contributed by atoms with Gasteiger partial charge in [0.15, 0.2) is 0 Å². The number of carbonyl (C=O) groups is 1. The molecular formula is C29H30FN5O2S. The largest absolute Gasteiger partial charge is 0.394 e. The first-order chi connectivity index (χ1) is 18.2. The number of fused-ring (bicyclic) bond motifs is 1. The van der Waals surface area contributed by atoms with Gasteiger partial charge in [-0.2, -0.15) is 5.10 Å². The van der Waals surface area contributed by atoms with Crippen LogP contribution in [0.2, 0.25) is 0 Å². The summed E-state index contributed by atoms with van der Waals surface area (Å²) in [6, 6.07) is 12.6. The number of aliphatic hydroxyl groups is 1. The van der Waals surface area contributed by atoms with Crippen molar-refractivity contribution in [2.45, 2.75) is 38.3 Å². The number of carbonyl (C=O) groups excluding carboxylic acids is 1. The second-order valence-corrected chi connectivity index (χ2v) is 11.4. The van der Waals surface area contributed by atoms with Crippen LogP contribution in [0.25, 0.3) is 37.3 Å². The fourth-order valence-corrected chi connectivity index (χ4v) is 5.94. The van der Waals surface area contributed by atoms with Crippen LogP contribution in [0.4, 0.5) is 10.1 Å². The lowest BCUT2D eigenvalue weighted by Crippen LogP contribution is -2.46. The SMILES string of the molecule is [C-]#[N+]c1ccc(-c2cc(C(=O)N3CCCC(NC)C3)sc2-c2ccc3nn(C(C)(C)CO)cc3c2)cc1F. The van der Waals surface area contributed by atoms with E-state index in [4.69, 9.17) is 6.57 Å². The van der Waals surface area contributed by atoms with Gasteiger partial charge in [0, 0.05) is 41.2 Å². The molecule has 1 unspecified atom stereocenters. The van der Waals surface area contributed by atoms with E-state index in [-0.39, 0.29) is 24.2 Å². The highest BCUT2D eigenvalue weighted by atomic mass is 32.1. The number of hydrogen-bond donors (Lipinski definition) is 2. The Hall–Kier alpha value is -3.58. The standard InChI is InChI=1S/C29H30FN5O2S/c1-29(2,17-36)35-15-20-12-19(8-9-24(20)33-35)27-22(18-7-10-25(32-4)23(30)13-18)14-26(38-27)28(37)34-11-5-6-21(16-34)31-3/h7-10,12-15,21,31,36H,5-6,11,16-17H2,1-3H3. The average Bonchev–Trinajstić information content (AvgIpc) is 3.57. The lowest BCUT2D eigenvalue weighted by molar-refractivity contribution is 0.0703. The fraction of sp³-hybridized carbons (Fsp3) is 0.345. The van der Waals surface area contributed by atoms with Crippen LogP contribution in [0.5, 0.6) is 0 Å². The molecule has 1 atom stereocenters. The van der Waals surface area contributed by atoms with Crippen LogP contribution >= 0.6 is 11.3 Å². The quantitative estimate of drug-likeness (QED) is 0.314. The Labute approximate surface area is 225 Å². The molecule has 2 aromatic carbocycles. The molecule has 0 aliphatic carbocycles. The molecular weight excluding hydrogens is 501 g/mol. The number of rotatable bonds is 6. The predicted molar refractivity (Wildman–Crippen MR) is 149 cm³/mol. The molecule has 9 heteroatoms. The molecule has 0 bridgehead atoms. The highest BCUT2D eigenvalue weighted by Gasteiger charge is 2.27. The van der Waals surface area contributed by atoms with E-state index < -0.39 is 11.4 Å². The van der Waals surface area contributed by atoms with E-state index in [0.29, 0.717) is 23.5 Å². The van der Waals surface area contributed by atoms with Gasteiger partial charge in [-0.1, -0.05) is 18.2 Å². The highest BCUT2D eigenvalue weighted by molar-refractivity contribution is 7.18. The normalized spacial score (nSPS) is 16.1. The molecule has 196 valence electrons. The zero-order valence-electron chi connectivity index (χ0n) is 21.7. The number of benzene rings is 2. The first-order valence-electron chi connectivity index (χ1n) is 12.6. The van der Waals surface area contributed by atoms with Gasteiger partial charge in [0.1, 0.15) is 5.82 Å². The summed E-state index contributed by atoms with van der Waals surface area (Å²) in [5.41, 5.74) is 2.47. The van der Waals surface area contributed by atoms with Gasteiger partial charge >= 0.3 is 0 Å². The van der Waals surface area contributed by atoms with E-state index in [1.165, 1.54) is 23.5 Å². The summed E-state index contributed by atoms with van der Waals surface area (Å²) in [5.74, 6) is -0.613. The summed E-state index contributed by atoms with van der Waals surface area (Å²) in [4.78, 5) is 20.1. The number of aliphatic hydroxyl groups excluding tert-OH is 1. The van der Waals surface area contributed by atoms with Crippen molar-refractivity contribution in [2.75, 3.05) is 26.7 Å². The Morgan fingerprint density at radius 3 is 2.76 bits per heavy atom. The van der Waals surface area contributed by atoms with Crippen molar-refractivity contribution in [3.05, 3.63) is 70.8 Å². The lowest BCUT2D eigenvalue weighted by Gasteiger charge is -2.32. The molecule has 0 saturated carbocycles. The van der Waals surface area contributed by atoms with Crippen LogP contribution in [0.3, 0.4) is 0 Å². The van der Waals surface area contributed by atoms with Crippen molar-refractivity contribution in [3.8, 4) is 21.6 Å². The third-order valence-electron chi connectivity index (χ3n) is 7.21. The van der Waals surface area contributed by atoms with Crippen LogP contribution in [-0.4, -0.2) is 58.5 Å². The summed E-state index contributed by atoms with van der Waals surface area (Å²) < 4.78 is 16.4. The van der Waals surface area contributed by atoms with E-state index >= 15 is 0 Å². The van der Waals surface area contributed by atoms with Crippen LogP contribution < -0.4 is 5.32 Å². The molecule has 2 N–H and O–H groups in total. The third-order valence-corrected chi connectivity index (χ3v) is 8.38. The van der Waals surface area contributed by atoms with Gasteiger partial charge in [0.05, 0.1) is 29.1 Å². The van der Waals surface area contributed by atoms with Gasteiger partial charge in [-0.3, -0.25) is 9.48 Å². The zero-order chi connectivity index (χ0) is 27.0. The van der Waals surface area contributed by atoms with Crippen molar-refractivity contribution in [1.29, 1.82) is 0 Å². The number of likely N-dealkylation sites (N-methyl/N-ethyl adjacent to an activating group) is 1. The number of hydrogen-bond acceptors (Lipinski definition) is 5. The number of thiophene rings is 1. The van der Waals surface area contributed by atoms with Gasteiger partial charge in [-0.15, -0.1) is 11.3 Å². The summed E-state index contributed by atoms with van der Waals surface area (Å²) in [5, 5.41) is 18.6. The van der Waals surface area contributed by atoms with E-state index in [1.807, 2.05) is 56.3 Å². The van der Waals surface area contributed by atoms with Crippen LogP contribution in [-0.2, 0) is 5.54 Å². The van der Waals surface area contributed by atoms with Crippen molar-refractivity contribution in [1.82, 2.24) is 20.0 Å². The molecule has 3 heterocycles. The molecule has 38 heavy (non-hydrogen) atoms. The summed E-state index contributed by atoms with van der Waals surface area (Å²) >= 11 is 1.40. The van der Waals surface area contributed by atoms with Crippen molar-refractivity contribution in [2.24, 2.45) is 0 Å². The summed E-state index contributed by atoms with van der Waals surface area (Å²) in [6.07, 6.45) is 3.88. The van der Waals surface area contributed by atoms with E-state index in [9.17, 15) is 14.3 Å². The Balaban J connectivity index is 1.60. The molecule has 1 aliphatic heterocycles. The van der Waals surface area contributed by atoms with Crippen LogP contribution in [0, 0.1) is 12.4 Å². The number of halogens is 1. The number of nitrogens with one attached hydrogen (secondary N) is 1. The molecule has 5 rings (SSSR count). The number of nitrogens with zero attached hydrogens (tertiary/aromatic N) is 4. The van der Waals surface area contributed by atoms with Gasteiger partial charge in [0.2, 0.25) is 5.69 Å².